The minimum Gasteiger partial charge on any atom is -0.354 e. The SMILES string of the molecule is Cc1c(S(=O)(=O)NC2CN(c3ncnc4sc(CC(F)(F)F)cc34)CC2C2CCCCC2)ccc2[nH]c(C#N)cc12. The van der Waals surface area contributed by atoms with Gasteiger partial charge >= 0.3 is 6.18 Å². The first-order chi connectivity index (χ1) is 19.5. The molecule has 13 heteroatoms. The molecular formula is C28H29F3N6O2S2. The number of sulfonamides is 1. The van der Waals surface area contributed by atoms with Crippen LogP contribution in [0.4, 0.5) is 19.0 Å². The number of aryl methyl sites for hydroxylation is 1. The Bertz CT molecular complexity index is 1750. The molecule has 0 radical (unpaired) electrons. The molecule has 2 fully saturated rings. The van der Waals surface area contributed by atoms with Crippen molar-refractivity contribution in [1.82, 2.24) is 19.7 Å². The van der Waals surface area contributed by atoms with E-state index >= 15 is 0 Å². The summed E-state index contributed by atoms with van der Waals surface area (Å²) in [5.74, 6) is 0.884. The van der Waals surface area contributed by atoms with Crippen LogP contribution < -0.4 is 9.62 Å². The molecular weight excluding hydrogens is 573 g/mol. The number of benzene rings is 1. The number of nitrogens with zero attached hydrogens (tertiary/aromatic N) is 4. The molecule has 2 aliphatic rings. The monoisotopic (exact) mass is 602 g/mol. The van der Waals surface area contributed by atoms with Gasteiger partial charge in [0.15, 0.2) is 0 Å². The van der Waals surface area contributed by atoms with Crippen molar-refractivity contribution in [2.75, 3.05) is 18.0 Å². The van der Waals surface area contributed by atoms with Crippen LogP contribution in [0.25, 0.3) is 21.1 Å². The number of hydrogen-bond acceptors (Lipinski definition) is 7. The van der Waals surface area contributed by atoms with E-state index in [1.165, 1.54) is 12.4 Å². The predicted molar refractivity (Wildman–Crippen MR) is 151 cm³/mol. The molecule has 0 amide bonds. The van der Waals surface area contributed by atoms with Crippen molar-refractivity contribution in [3.8, 4) is 6.07 Å². The largest absolute Gasteiger partial charge is 0.393 e. The van der Waals surface area contributed by atoms with Crippen LogP contribution in [-0.4, -0.2) is 48.7 Å². The second-order valence-electron chi connectivity index (χ2n) is 11.1. The highest BCUT2D eigenvalue weighted by Gasteiger charge is 2.41. The fourth-order valence-corrected chi connectivity index (χ4v) is 9.10. The van der Waals surface area contributed by atoms with Crippen LogP contribution in [-0.2, 0) is 16.4 Å². The molecule has 1 aromatic carbocycles. The number of fused-ring (bicyclic) bond motifs is 2. The lowest BCUT2D eigenvalue weighted by Gasteiger charge is -2.31. The van der Waals surface area contributed by atoms with Crippen molar-refractivity contribution in [2.24, 2.45) is 11.8 Å². The first-order valence-electron chi connectivity index (χ1n) is 13.6. The topological polar surface area (TPSA) is 115 Å². The minimum absolute atomic E-state index is 0.0184. The van der Waals surface area contributed by atoms with Gasteiger partial charge in [-0.2, -0.15) is 18.4 Å². The summed E-state index contributed by atoms with van der Waals surface area (Å²) in [5.41, 5.74) is 1.61. The predicted octanol–water partition coefficient (Wildman–Crippen LogP) is 5.82. The maximum Gasteiger partial charge on any atom is 0.393 e. The standard InChI is InChI=1S/C28H29F3N6O2S2/c1-16-20-9-18(12-32)35-23(20)7-8-25(16)41(38,39)36-24-14-37(13-22(24)17-5-3-2-4-6-17)26-21-10-19(11-28(29,30)31)40-27(21)34-15-33-26/h7-10,15,17,22,24,35-36H,2-6,11,13-14H2,1H3. The number of alkyl halides is 3. The summed E-state index contributed by atoms with van der Waals surface area (Å²) >= 11 is 1.01. The van der Waals surface area contributed by atoms with Gasteiger partial charge in [0, 0.05) is 34.9 Å². The lowest BCUT2D eigenvalue weighted by Crippen LogP contribution is -2.43. The number of nitriles is 1. The van der Waals surface area contributed by atoms with Crippen molar-refractivity contribution in [3.63, 3.8) is 0 Å². The van der Waals surface area contributed by atoms with Gasteiger partial charge in [-0.1, -0.05) is 32.1 Å². The molecule has 6 rings (SSSR count). The van der Waals surface area contributed by atoms with E-state index in [9.17, 15) is 26.9 Å². The third-order valence-electron chi connectivity index (χ3n) is 8.39. The fourth-order valence-electron chi connectivity index (χ4n) is 6.54. The number of rotatable bonds is 6. The lowest BCUT2D eigenvalue weighted by atomic mass is 9.78. The molecule has 216 valence electrons. The van der Waals surface area contributed by atoms with E-state index in [1.54, 1.807) is 25.1 Å². The molecule has 4 heterocycles. The summed E-state index contributed by atoms with van der Waals surface area (Å²) in [7, 11) is -3.93. The normalized spacial score (nSPS) is 20.7. The molecule has 4 aromatic rings. The number of aromatic amines is 1. The van der Waals surface area contributed by atoms with Crippen molar-refractivity contribution >= 4 is 48.3 Å². The lowest BCUT2D eigenvalue weighted by molar-refractivity contribution is -0.126. The summed E-state index contributed by atoms with van der Waals surface area (Å²) in [6, 6.07) is 8.05. The molecule has 8 nitrogen and oxygen atoms in total. The van der Waals surface area contributed by atoms with E-state index < -0.39 is 28.7 Å². The maximum absolute atomic E-state index is 13.8. The van der Waals surface area contributed by atoms with E-state index in [0.29, 0.717) is 57.2 Å². The Hall–Kier alpha value is -3.21. The van der Waals surface area contributed by atoms with Gasteiger partial charge in [-0.25, -0.2) is 23.1 Å². The van der Waals surface area contributed by atoms with Gasteiger partial charge in [0.1, 0.15) is 28.7 Å². The van der Waals surface area contributed by atoms with Gasteiger partial charge < -0.3 is 9.88 Å². The Morgan fingerprint density at radius 1 is 1.15 bits per heavy atom. The quantitative estimate of drug-likeness (QED) is 0.287. The average molecular weight is 603 g/mol. The zero-order chi connectivity index (χ0) is 28.9. The summed E-state index contributed by atoms with van der Waals surface area (Å²) in [6.45, 7) is 2.63. The Labute approximate surface area is 239 Å². The third-order valence-corrected chi connectivity index (χ3v) is 11.1. The molecule has 0 spiro atoms. The van der Waals surface area contributed by atoms with Gasteiger partial charge in [0.25, 0.3) is 0 Å². The Morgan fingerprint density at radius 2 is 1.93 bits per heavy atom. The molecule has 0 bridgehead atoms. The van der Waals surface area contributed by atoms with Crippen LogP contribution in [0.2, 0.25) is 0 Å². The minimum atomic E-state index is -4.32. The van der Waals surface area contributed by atoms with Crippen molar-refractivity contribution in [2.45, 2.75) is 62.6 Å². The van der Waals surface area contributed by atoms with Gasteiger partial charge in [-0.05, 0) is 48.6 Å². The van der Waals surface area contributed by atoms with Crippen LogP contribution in [0.3, 0.4) is 0 Å². The zero-order valence-corrected chi connectivity index (χ0v) is 24.0. The number of anilines is 1. The smallest absolute Gasteiger partial charge is 0.354 e. The molecule has 2 atom stereocenters. The third kappa shape index (κ3) is 5.52. The highest BCUT2D eigenvalue weighted by molar-refractivity contribution is 7.89. The Morgan fingerprint density at radius 3 is 2.66 bits per heavy atom. The van der Waals surface area contributed by atoms with Crippen LogP contribution in [0.15, 0.2) is 35.5 Å². The van der Waals surface area contributed by atoms with E-state index in [0.717, 1.165) is 43.4 Å². The van der Waals surface area contributed by atoms with Gasteiger partial charge in [-0.3, -0.25) is 0 Å². The molecule has 41 heavy (non-hydrogen) atoms. The Kier molecular flexibility index (Phi) is 7.20. The fraction of sp³-hybridized carbons (Fsp3) is 0.464. The molecule has 1 aliphatic heterocycles. The molecule has 1 saturated carbocycles. The van der Waals surface area contributed by atoms with Gasteiger partial charge in [0.2, 0.25) is 10.0 Å². The Balaban J connectivity index is 1.33. The molecule has 2 unspecified atom stereocenters. The van der Waals surface area contributed by atoms with E-state index in [4.69, 9.17) is 0 Å². The van der Waals surface area contributed by atoms with Gasteiger partial charge in [0.05, 0.1) is 16.7 Å². The number of aromatic nitrogens is 3. The molecule has 1 aliphatic carbocycles. The van der Waals surface area contributed by atoms with E-state index in [-0.39, 0.29) is 15.7 Å². The molecule has 3 aromatic heterocycles. The van der Waals surface area contributed by atoms with E-state index in [1.807, 2.05) is 4.90 Å². The summed E-state index contributed by atoms with van der Waals surface area (Å²) in [6.07, 6.45) is 1.38. The van der Waals surface area contributed by atoms with Crippen LogP contribution in [0.1, 0.15) is 48.2 Å². The summed E-state index contributed by atoms with van der Waals surface area (Å²) in [4.78, 5) is 14.5. The van der Waals surface area contributed by atoms with Gasteiger partial charge in [-0.15, -0.1) is 11.3 Å². The number of thiophene rings is 1. The second kappa shape index (κ2) is 10.6. The van der Waals surface area contributed by atoms with E-state index in [2.05, 4.69) is 25.7 Å². The molecule has 2 N–H and O–H groups in total. The summed E-state index contributed by atoms with van der Waals surface area (Å²) in [5, 5.41) is 10.5. The first kappa shape index (κ1) is 27.9. The molecule has 1 saturated heterocycles. The number of halogens is 3. The van der Waals surface area contributed by atoms with Crippen molar-refractivity contribution < 1.29 is 21.6 Å². The highest BCUT2D eigenvalue weighted by atomic mass is 32.2. The summed E-state index contributed by atoms with van der Waals surface area (Å²) < 4.78 is 69.9. The van der Waals surface area contributed by atoms with Crippen LogP contribution in [0.5, 0.6) is 0 Å². The highest BCUT2D eigenvalue weighted by Crippen LogP contribution is 2.40. The first-order valence-corrected chi connectivity index (χ1v) is 15.9. The average Bonchev–Trinajstić information content (AvgIpc) is 3.64. The van der Waals surface area contributed by atoms with Crippen LogP contribution >= 0.6 is 11.3 Å². The number of hydrogen-bond donors (Lipinski definition) is 2. The van der Waals surface area contributed by atoms with Crippen LogP contribution in [0, 0.1) is 30.1 Å². The second-order valence-corrected chi connectivity index (χ2v) is 13.9. The number of nitrogens with one attached hydrogen (secondary N) is 2. The van der Waals surface area contributed by atoms with Crippen molar-refractivity contribution in [1.29, 1.82) is 5.26 Å². The maximum atomic E-state index is 13.8. The zero-order valence-electron chi connectivity index (χ0n) is 22.3. The van der Waals surface area contributed by atoms with Crippen molar-refractivity contribution in [3.05, 3.63) is 46.7 Å². The number of H-pyrrole nitrogens is 1.